The first-order chi connectivity index (χ1) is 7.99. The maximum atomic E-state index is 11.3. The molecular weight excluding hydrogens is 222 g/mol. The minimum Gasteiger partial charge on any atom is -0.477 e. The number of carboxylic acids is 1. The molecule has 0 aromatic carbocycles. The van der Waals surface area contributed by atoms with E-state index >= 15 is 0 Å². The molecule has 0 spiro atoms. The number of urea groups is 1. The van der Waals surface area contributed by atoms with E-state index in [1.165, 1.54) is 18.3 Å². The number of nitrogens with zero attached hydrogens (tertiary/aromatic N) is 1. The van der Waals surface area contributed by atoms with Gasteiger partial charge < -0.3 is 15.7 Å². The molecule has 6 heteroatoms. The van der Waals surface area contributed by atoms with Gasteiger partial charge in [-0.3, -0.25) is 0 Å². The number of amides is 2. The Morgan fingerprint density at radius 2 is 2.18 bits per heavy atom. The normalized spacial score (nSPS) is 9.47. The Morgan fingerprint density at radius 1 is 1.47 bits per heavy atom. The van der Waals surface area contributed by atoms with Gasteiger partial charge in [0.25, 0.3) is 0 Å². The number of hydrogen-bond acceptors (Lipinski definition) is 3. The fourth-order valence-electron chi connectivity index (χ4n) is 1.00. The molecule has 0 aliphatic carbocycles. The van der Waals surface area contributed by atoms with Crippen LogP contribution in [-0.2, 0) is 0 Å². The molecule has 1 aromatic heterocycles. The Morgan fingerprint density at radius 3 is 2.65 bits per heavy atom. The van der Waals surface area contributed by atoms with Crippen LogP contribution in [0.3, 0.4) is 0 Å². The Kier molecular flexibility index (Phi) is 4.21. The van der Waals surface area contributed by atoms with Crippen LogP contribution in [0.5, 0.6) is 0 Å². The lowest BCUT2D eigenvalue weighted by Gasteiger charge is -2.06. The third-order valence-corrected chi connectivity index (χ3v) is 1.79. The lowest BCUT2D eigenvalue weighted by molar-refractivity contribution is 0.0690. The number of carboxylic acid groups (broad SMARTS) is 1. The summed E-state index contributed by atoms with van der Waals surface area (Å²) in [4.78, 5) is 25.5. The summed E-state index contributed by atoms with van der Waals surface area (Å²) in [7, 11) is 0. The van der Waals surface area contributed by atoms with E-state index in [1.807, 2.05) is 0 Å². The summed E-state index contributed by atoms with van der Waals surface area (Å²) in [6, 6.07) is 2.39. The monoisotopic (exact) mass is 235 g/mol. The van der Waals surface area contributed by atoms with Crippen molar-refractivity contribution in [1.82, 2.24) is 10.3 Å². The Balaban J connectivity index is 2.54. The molecule has 17 heavy (non-hydrogen) atoms. The van der Waals surface area contributed by atoms with Crippen LogP contribution in [0.1, 0.15) is 17.4 Å². The molecule has 0 radical (unpaired) electrons. The van der Waals surface area contributed by atoms with Crippen molar-refractivity contribution in [1.29, 1.82) is 0 Å². The molecule has 0 fully saturated rings. The summed E-state index contributed by atoms with van der Waals surface area (Å²) < 4.78 is 0. The first-order valence-corrected chi connectivity index (χ1v) is 4.87. The molecule has 90 valence electrons. The molecule has 0 saturated carbocycles. The lowest BCUT2D eigenvalue weighted by Crippen LogP contribution is -2.29. The quantitative estimate of drug-likeness (QED) is 0.689. The molecule has 1 heterocycles. The highest BCUT2D eigenvalue weighted by atomic mass is 16.4. The van der Waals surface area contributed by atoms with Crippen LogP contribution in [0.4, 0.5) is 10.5 Å². The van der Waals surface area contributed by atoms with Gasteiger partial charge in [-0.25, -0.2) is 14.6 Å². The third-order valence-electron chi connectivity index (χ3n) is 1.79. The van der Waals surface area contributed by atoms with Crippen LogP contribution in [0.15, 0.2) is 30.5 Å². The van der Waals surface area contributed by atoms with Gasteiger partial charge in [0.1, 0.15) is 5.69 Å². The largest absolute Gasteiger partial charge is 0.477 e. The van der Waals surface area contributed by atoms with Gasteiger partial charge in [-0.15, -0.1) is 0 Å². The number of anilines is 1. The van der Waals surface area contributed by atoms with Gasteiger partial charge in [0, 0.05) is 6.54 Å². The molecule has 0 aliphatic rings. The number of hydrogen-bond donors (Lipinski definition) is 3. The van der Waals surface area contributed by atoms with Crippen LogP contribution in [0, 0.1) is 0 Å². The Labute approximate surface area is 98.4 Å². The summed E-state index contributed by atoms with van der Waals surface area (Å²) in [5.74, 6) is -1.11. The third kappa shape index (κ3) is 4.33. The first kappa shape index (κ1) is 12.7. The zero-order chi connectivity index (χ0) is 12.8. The topological polar surface area (TPSA) is 91.3 Å². The zero-order valence-corrected chi connectivity index (χ0v) is 9.36. The highest BCUT2D eigenvalue weighted by Crippen LogP contribution is 2.05. The van der Waals surface area contributed by atoms with Crippen molar-refractivity contribution < 1.29 is 14.7 Å². The average molecular weight is 235 g/mol. The van der Waals surface area contributed by atoms with E-state index in [4.69, 9.17) is 5.11 Å². The number of carbonyl (C=O) groups excluding carboxylic acids is 1. The van der Waals surface area contributed by atoms with Crippen molar-refractivity contribution in [2.75, 3.05) is 11.9 Å². The van der Waals surface area contributed by atoms with Crippen LogP contribution >= 0.6 is 0 Å². The maximum Gasteiger partial charge on any atom is 0.354 e. The summed E-state index contributed by atoms with van der Waals surface area (Å²) in [5, 5.41) is 13.7. The summed E-state index contributed by atoms with van der Waals surface area (Å²) in [6.07, 6.45) is 1.28. The fraction of sp³-hybridized carbons (Fsp3) is 0.182. The Bertz CT molecular complexity index is 440. The fourth-order valence-corrected chi connectivity index (χ4v) is 1.00. The summed E-state index contributed by atoms with van der Waals surface area (Å²) in [6.45, 7) is 5.82. The molecule has 2 amide bonds. The van der Waals surface area contributed by atoms with Gasteiger partial charge >= 0.3 is 12.0 Å². The number of aromatic nitrogens is 1. The summed E-state index contributed by atoms with van der Waals surface area (Å²) >= 11 is 0. The molecule has 1 aromatic rings. The second kappa shape index (κ2) is 5.64. The maximum absolute atomic E-state index is 11.3. The van der Waals surface area contributed by atoms with Crippen molar-refractivity contribution in [3.8, 4) is 0 Å². The lowest BCUT2D eigenvalue weighted by atomic mass is 10.3. The molecule has 0 atom stereocenters. The average Bonchev–Trinajstić information content (AvgIpc) is 2.27. The van der Waals surface area contributed by atoms with Crippen molar-refractivity contribution in [2.45, 2.75) is 6.92 Å². The molecule has 6 nitrogen and oxygen atoms in total. The minimum atomic E-state index is -1.11. The van der Waals surface area contributed by atoms with E-state index in [2.05, 4.69) is 22.2 Å². The number of nitrogens with one attached hydrogen (secondary N) is 2. The van der Waals surface area contributed by atoms with Crippen LogP contribution < -0.4 is 10.6 Å². The Hall–Kier alpha value is -2.37. The van der Waals surface area contributed by atoms with E-state index in [9.17, 15) is 9.59 Å². The summed E-state index contributed by atoms with van der Waals surface area (Å²) in [5.41, 5.74) is 1.19. The highest BCUT2D eigenvalue weighted by molar-refractivity contribution is 5.90. The van der Waals surface area contributed by atoms with Crippen molar-refractivity contribution in [2.24, 2.45) is 0 Å². The molecule has 0 saturated heterocycles. The van der Waals surface area contributed by atoms with Gasteiger partial charge in [0.2, 0.25) is 0 Å². The predicted molar refractivity (Wildman–Crippen MR) is 63.0 cm³/mol. The van der Waals surface area contributed by atoms with Gasteiger partial charge in [0.05, 0.1) is 11.9 Å². The number of carbonyl (C=O) groups is 2. The van der Waals surface area contributed by atoms with Gasteiger partial charge in [0.15, 0.2) is 0 Å². The molecule has 0 bridgehead atoms. The smallest absolute Gasteiger partial charge is 0.354 e. The van der Waals surface area contributed by atoms with Crippen LogP contribution in [0.25, 0.3) is 0 Å². The second-order valence-electron chi connectivity index (χ2n) is 3.50. The van der Waals surface area contributed by atoms with Gasteiger partial charge in [-0.05, 0) is 19.1 Å². The number of rotatable bonds is 4. The van der Waals surface area contributed by atoms with Crippen molar-refractivity contribution >= 4 is 17.7 Å². The van der Waals surface area contributed by atoms with Crippen LogP contribution in [-0.4, -0.2) is 28.6 Å². The molecular formula is C11H13N3O3. The van der Waals surface area contributed by atoms with E-state index < -0.39 is 12.0 Å². The second-order valence-corrected chi connectivity index (χ2v) is 3.50. The molecule has 1 rings (SSSR count). The van der Waals surface area contributed by atoms with E-state index in [-0.39, 0.29) is 5.69 Å². The van der Waals surface area contributed by atoms with E-state index in [1.54, 1.807) is 6.92 Å². The van der Waals surface area contributed by atoms with Gasteiger partial charge in [-0.2, -0.15) is 0 Å². The van der Waals surface area contributed by atoms with Crippen LogP contribution in [0.2, 0.25) is 0 Å². The van der Waals surface area contributed by atoms with E-state index in [0.29, 0.717) is 12.2 Å². The van der Waals surface area contributed by atoms with Crippen molar-refractivity contribution in [3.05, 3.63) is 36.2 Å². The SMILES string of the molecule is C=C(C)CNC(=O)Nc1ccc(C(=O)O)nc1. The molecule has 0 aliphatic heterocycles. The first-order valence-electron chi connectivity index (χ1n) is 4.87. The van der Waals surface area contributed by atoms with E-state index in [0.717, 1.165) is 5.57 Å². The number of aromatic carboxylic acids is 1. The zero-order valence-electron chi connectivity index (χ0n) is 9.36. The molecule has 3 N–H and O–H groups in total. The number of pyridine rings is 1. The molecule has 0 unspecified atom stereocenters. The highest BCUT2D eigenvalue weighted by Gasteiger charge is 2.05. The minimum absolute atomic E-state index is 0.0714. The van der Waals surface area contributed by atoms with Crippen molar-refractivity contribution in [3.63, 3.8) is 0 Å². The van der Waals surface area contributed by atoms with Gasteiger partial charge in [-0.1, -0.05) is 12.2 Å². The predicted octanol–water partition coefficient (Wildman–Crippen LogP) is 1.48. The standard InChI is InChI=1S/C11H13N3O3/c1-7(2)5-13-11(17)14-8-3-4-9(10(15)16)12-6-8/h3-4,6H,1,5H2,2H3,(H,15,16)(H2,13,14,17).